The van der Waals surface area contributed by atoms with Gasteiger partial charge in [0, 0.05) is 11.4 Å². The van der Waals surface area contributed by atoms with Gasteiger partial charge in [0.05, 0.1) is 29.5 Å². The fraction of sp³-hybridized carbons (Fsp3) is 0.176. The third-order valence-electron chi connectivity index (χ3n) is 3.85. The molecule has 7 nitrogen and oxygen atoms in total. The summed E-state index contributed by atoms with van der Waals surface area (Å²) in [5, 5.41) is 9.13. The maximum Gasteiger partial charge on any atom is 0.257 e. The summed E-state index contributed by atoms with van der Waals surface area (Å²) in [5.74, 6) is 0.482. The van der Waals surface area contributed by atoms with Crippen LogP contribution in [0.25, 0.3) is 16.2 Å². The van der Waals surface area contributed by atoms with Crippen molar-refractivity contribution in [1.82, 2.24) is 29.9 Å². The molecule has 8 heteroatoms. The highest BCUT2D eigenvalue weighted by atomic mass is 32.1. The van der Waals surface area contributed by atoms with Gasteiger partial charge in [0.25, 0.3) is 5.91 Å². The summed E-state index contributed by atoms with van der Waals surface area (Å²) in [6, 6.07) is 5.94. The Bertz CT molecular complexity index is 1050. The number of aromatic amines is 1. The van der Waals surface area contributed by atoms with E-state index in [9.17, 15) is 4.79 Å². The molecule has 0 spiro atoms. The zero-order chi connectivity index (χ0) is 17.4. The van der Waals surface area contributed by atoms with Gasteiger partial charge in [-0.1, -0.05) is 6.07 Å². The van der Waals surface area contributed by atoms with Crippen LogP contribution in [0.15, 0.2) is 36.0 Å². The van der Waals surface area contributed by atoms with Crippen LogP contribution in [0.5, 0.6) is 0 Å². The minimum atomic E-state index is -0.221. The Morgan fingerprint density at radius 1 is 1.36 bits per heavy atom. The molecule has 4 aromatic rings. The van der Waals surface area contributed by atoms with E-state index in [4.69, 9.17) is 0 Å². The summed E-state index contributed by atoms with van der Waals surface area (Å²) in [6.07, 6.45) is 3.32. The van der Waals surface area contributed by atoms with Crippen LogP contribution < -0.4 is 5.32 Å². The first-order valence-corrected chi connectivity index (χ1v) is 8.68. The van der Waals surface area contributed by atoms with E-state index >= 15 is 0 Å². The van der Waals surface area contributed by atoms with Gasteiger partial charge in [-0.2, -0.15) is 5.10 Å². The van der Waals surface area contributed by atoms with Crippen molar-refractivity contribution in [1.29, 1.82) is 0 Å². The minimum Gasteiger partial charge on any atom is -0.345 e. The highest BCUT2D eigenvalue weighted by Crippen LogP contribution is 2.22. The molecule has 1 amide bonds. The minimum absolute atomic E-state index is 0.221. The van der Waals surface area contributed by atoms with E-state index in [2.05, 4.69) is 25.4 Å². The van der Waals surface area contributed by atoms with E-state index in [-0.39, 0.29) is 5.91 Å². The number of aryl methyl sites for hydroxylation is 2. The number of carbonyl (C=O) groups excluding carboxylic acids is 1. The lowest BCUT2D eigenvalue weighted by Crippen LogP contribution is -2.23. The van der Waals surface area contributed by atoms with Gasteiger partial charge in [0.2, 0.25) is 0 Å². The van der Waals surface area contributed by atoms with E-state index < -0.39 is 0 Å². The molecule has 2 N–H and O–H groups in total. The van der Waals surface area contributed by atoms with Crippen molar-refractivity contribution in [2.24, 2.45) is 0 Å². The second kappa shape index (κ2) is 6.14. The normalized spacial score (nSPS) is 11.1. The molecule has 0 fully saturated rings. The number of nitrogens with zero attached hydrogens (tertiary/aromatic N) is 4. The molecule has 0 aliphatic rings. The van der Waals surface area contributed by atoms with Crippen LogP contribution in [0.4, 0.5) is 0 Å². The van der Waals surface area contributed by atoms with Gasteiger partial charge in [-0.15, -0.1) is 11.3 Å². The van der Waals surface area contributed by atoms with E-state index in [1.54, 1.807) is 28.2 Å². The smallest absolute Gasteiger partial charge is 0.257 e. The van der Waals surface area contributed by atoms with E-state index in [0.29, 0.717) is 23.6 Å². The van der Waals surface area contributed by atoms with Crippen molar-refractivity contribution in [3.05, 3.63) is 58.7 Å². The molecule has 126 valence electrons. The molecule has 0 aromatic carbocycles. The highest BCUT2D eigenvalue weighted by molar-refractivity contribution is 7.13. The first-order valence-electron chi connectivity index (χ1n) is 7.80. The monoisotopic (exact) mass is 352 g/mol. The third kappa shape index (κ3) is 2.91. The largest absolute Gasteiger partial charge is 0.345 e. The Morgan fingerprint density at radius 2 is 2.24 bits per heavy atom. The lowest BCUT2D eigenvalue weighted by atomic mass is 10.3. The molecule has 25 heavy (non-hydrogen) atoms. The van der Waals surface area contributed by atoms with Gasteiger partial charge in [-0.3, -0.25) is 4.79 Å². The van der Waals surface area contributed by atoms with Crippen molar-refractivity contribution in [2.75, 3.05) is 0 Å². The molecule has 0 radical (unpaired) electrons. The summed E-state index contributed by atoms with van der Waals surface area (Å²) >= 11 is 1.64. The van der Waals surface area contributed by atoms with E-state index in [1.165, 1.54) is 0 Å². The summed E-state index contributed by atoms with van der Waals surface area (Å²) in [5.41, 5.74) is 3.76. The second-order valence-electron chi connectivity index (χ2n) is 5.74. The number of nitrogens with one attached hydrogen (secondary N) is 2. The van der Waals surface area contributed by atoms with Crippen molar-refractivity contribution in [3.63, 3.8) is 0 Å². The predicted octanol–water partition coefficient (Wildman–Crippen LogP) is 2.73. The number of thiophene rings is 1. The standard InChI is InChI=1S/C17H16N6OS/c1-10-6-11(2)23-16(21-10)12(7-20-23)17(24)19-9-15-18-8-13(22-15)14-4-3-5-25-14/h3-8H,9H2,1-2H3,(H,18,22)(H,19,24). The van der Waals surface area contributed by atoms with Crippen LogP contribution in [0, 0.1) is 13.8 Å². The summed E-state index contributed by atoms with van der Waals surface area (Å²) in [7, 11) is 0. The molecule has 0 unspecified atom stereocenters. The van der Waals surface area contributed by atoms with Crippen molar-refractivity contribution >= 4 is 22.9 Å². The molecular weight excluding hydrogens is 336 g/mol. The van der Waals surface area contributed by atoms with Gasteiger partial charge < -0.3 is 10.3 Å². The number of imidazole rings is 1. The van der Waals surface area contributed by atoms with Crippen molar-refractivity contribution < 1.29 is 4.79 Å². The highest BCUT2D eigenvalue weighted by Gasteiger charge is 2.15. The molecule has 0 aliphatic heterocycles. The Balaban J connectivity index is 1.51. The number of amides is 1. The van der Waals surface area contributed by atoms with Crippen LogP contribution in [-0.4, -0.2) is 30.5 Å². The molecule has 0 saturated carbocycles. The number of H-pyrrole nitrogens is 1. The fourth-order valence-electron chi connectivity index (χ4n) is 2.70. The average molecular weight is 352 g/mol. The first-order chi connectivity index (χ1) is 12.1. The molecule has 0 atom stereocenters. The maximum atomic E-state index is 12.5. The molecular formula is C17H16N6OS. The number of aromatic nitrogens is 5. The van der Waals surface area contributed by atoms with Crippen molar-refractivity contribution in [3.8, 4) is 10.6 Å². The molecule has 4 aromatic heterocycles. The van der Waals surface area contributed by atoms with Gasteiger partial charge in [0.1, 0.15) is 11.4 Å². The lowest BCUT2D eigenvalue weighted by Gasteiger charge is -2.03. The van der Waals surface area contributed by atoms with Crippen LogP contribution in [0.2, 0.25) is 0 Å². The number of rotatable bonds is 4. The second-order valence-corrected chi connectivity index (χ2v) is 6.68. The predicted molar refractivity (Wildman–Crippen MR) is 95.5 cm³/mol. The topological polar surface area (TPSA) is 88.0 Å². The summed E-state index contributed by atoms with van der Waals surface area (Å²) in [4.78, 5) is 25.6. The van der Waals surface area contributed by atoms with Crippen LogP contribution in [-0.2, 0) is 6.54 Å². The zero-order valence-electron chi connectivity index (χ0n) is 13.8. The lowest BCUT2D eigenvalue weighted by molar-refractivity contribution is 0.0951. The fourth-order valence-corrected chi connectivity index (χ4v) is 3.39. The molecule has 4 rings (SSSR count). The van der Waals surface area contributed by atoms with E-state index in [1.807, 2.05) is 37.4 Å². The summed E-state index contributed by atoms with van der Waals surface area (Å²) < 4.78 is 1.67. The SMILES string of the molecule is Cc1cc(C)n2ncc(C(=O)NCc3ncc(-c4cccs4)[nH]3)c2n1. The van der Waals surface area contributed by atoms with Gasteiger partial charge >= 0.3 is 0 Å². The van der Waals surface area contributed by atoms with Gasteiger partial charge in [-0.25, -0.2) is 14.5 Å². The first kappa shape index (κ1) is 15.5. The Labute approximate surface area is 147 Å². The van der Waals surface area contributed by atoms with Crippen molar-refractivity contribution in [2.45, 2.75) is 20.4 Å². The number of hydrogen-bond acceptors (Lipinski definition) is 5. The zero-order valence-corrected chi connectivity index (χ0v) is 14.6. The van der Waals surface area contributed by atoms with E-state index in [0.717, 1.165) is 22.0 Å². The molecule has 0 saturated heterocycles. The third-order valence-corrected chi connectivity index (χ3v) is 4.76. The summed E-state index contributed by atoms with van der Waals surface area (Å²) in [6.45, 7) is 4.15. The molecule has 0 aliphatic carbocycles. The number of hydrogen-bond donors (Lipinski definition) is 2. The quantitative estimate of drug-likeness (QED) is 0.591. The molecule has 4 heterocycles. The van der Waals surface area contributed by atoms with Crippen LogP contribution in [0.1, 0.15) is 27.6 Å². The van der Waals surface area contributed by atoms with Crippen LogP contribution >= 0.6 is 11.3 Å². The average Bonchev–Trinajstić information content (AvgIpc) is 3.31. The Kier molecular flexibility index (Phi) is 3.81. The number of carbonyl (C=O) groups is 1. The van der Waals surface area contributed by atoms with Crippen LogP contribution in [0.3, 0.4) is 0 Å². The van der Waals surface area contributed by atoms with Gasteiger partial charge in [0.15, 0.2) is 5.65 Å². The van der Waals surface area contributed by atoms with Gasteiger partial charge in [-0.05, 0) is 31.4 Å². The molecule has 0 bridgehead atoms. The Morgan fingerprint density at radius 3 is 3.04 bits per heavy atom. The maximum absolute atomic E-state index is 12.5. The number of fused-ring (bicyclic) bond motifs is 1. The Hall–Kier alpha value is -3.00.